The third-order valence-electron chi connectivity index (χ3n) is 11.8. The van der Waals surface area contributed by atoms with Crippen molar-refractivity contribution in [2.24, 2.45) is 0 Å². The molecule has 3 nitrogen and oxygen atoms in total. The minimum Gasteiger partial charge on any atom is -0.309 e. The van der Waals surface area contributed by atoms with Gasteiger partial charge in [0.25, 0.3) is 0 Å². The van der Waals surface area contributed by atoms with Crippen molar-refractivity contribution in [3.63, 3.8) is 0 Å². The lowest BCUT2D eigenvalue weighted by Crippen LogP contribution is -2.03. The van der Waals surface area contributed by atoms with Crippen LogP contribution in [0, 0.1) is 18.3 Å². The molecule has 12 rings (SSSR count). The molecule has 1 atom stereocenters. The molecular weight excluding hydrogens is 707 g/mol. The molecule has 0 spiro atoms. The monoisotopic (exact) mass is 737 g/mol. The quantitative estimate of drug-likeness (QED) is 0.181. The molecular formula is C50H31N3S2. The predicted molar refractivity (Wildman–Crippen MR) is 233 cm³/mol. The summed E-state index contributed by atoms with van der Waals surface area (Å²) in [6.07, 6.45) is 5.66. The van der Waals surface area contributed by atoms with Crippen LogP contribution < -0.4 is 0 Å². The van der Waals surface area contributed by atoms with Crippen LogP contribution in [0.2, 0.25) is 0 Å². The fourth-order valence-electron chi connectivity index (χ4n) is 9.22. The summed E-state index contributed by atoms with van der Waals surface area (Å²) in [5.74, 6) is 0.307. The lowest BCUT2D eigenvalue weighted by molar-refractivity contribution is 0.848. The maximum Gasteiger partial charge on any atom is 0.0992 e. The Labute approximate surface area is 325 Å². The molecule has 0 saturated carbocycles. The van der Waals surface area contributed by atoms with E-state index in [-0.39, 0.29) is 0 Å². The molecule has 258 valence electrons. The van der Waals surface area contributed by atoms with Gasteiger partial charge in [0.1, 0.15) is 0 Å². The van der Waals surface area contributed by atoms with E-state index in [0.717, 1.165) is 17.6 Å². The number of aromatic nitrogens is 2. The highest BCUT2D eigenvalue weighted by molar-refractivity contribution is 8.03. The van der Waals surface area contributed by atoms with E-state index < -0.39 is 0 Å². The molecule has 4 heterocycles. The number of thiophene rings is 1. The average Bonchev–Trinajstić information content (AvgIpc) is 3.97. The molecule has 0 amide bonds. The summed E-state index contributed by atoms with van der Waals surface area (Å²) < 4.78 is 7.40. The largest absolute Gasteiger partial charge is 0.309 e. The number of hydrogen-bond donors (Lipinski definition) is 0. The van der Waals surface area contributed by atoms with Gasteiger partial charge in [0.15, 0.2) is 0 Å². The molecule has 1 aliphatic heterocycles. The fourth-order valence-corrected chi connectivity index (χ4v) is 11.5. The highest BCUT2D eigenvalue weighted by atomic mass is 32.2. The topological polar surface area (TPSA) is 33.6 Å². The second-order valence-electron chi connectivity index (χ2n) is 14.9. The highest BCUT2D eigenvalue weighted by Crippen LogP contribution is 2.54. The van der Waals surface area contributed by atoms with Crippen LogP contribution in [0.4, 0.5) is 0 Å². The van der Waals surface area contributed by atoms with E-state index in [4.69, 9.17) is 0 Å². The number of aryl methyl sites for hydroxylation is 1. The number of fused-ring (bicyclic) bond motifs is 12. The van der Waals surface area contributed by atoms with Gasteiger partial charge in [-0.2, -0.15) is 5.26 Å². The SMILES string of the molecule is Cc1ccc2c3ccc(C#N)cc3n(-c3ccc4c(c3)C3CC(c5ccc6sc7ccc(-n8c9ccccc9c9ccccc98)cc7c6c5)=CC=C3S4)c2c1. The third-order valence-corrected chi connectivity index (χ3v) is 14.2. The summed E-state index contributed by atoms with van der Waals surface area (Å²) in [7, 11) is 0. The Kier molecular flexibility index (Phi) is 6.55. The first-order chi connectivity index (χ1) is 27.1. The first-order valence-corrected chi connectivity index (χ1v) is 20.4. The Morgan fingerprint density at radius 2 is 1.24 bits per heavy atom. The molecule has 7 aromatic carbocycles. The van der Waals surface area contributed by atoms with Crippen LogP contribution in [-0.4, -0.2) is 9.13 Å². The number of rotatable bonds is 3. The second-order valence-corrected chi connectivity index (χ2v) is 17.1. The number of nitrogens with zero attached hydrogens (tertiary/aromatic N) is 3. The van der Waals surface area contributed by atoms with Gasteiger partial charge in [-0.15, -0.1) is 11.3 Å². The van der Waals surface area contributed by atoms with Crippen LogP contribution >= 0.6 is 23.1 Å². The normalized spacial score (nSPS) is 15.2. The molecule has 10 aromatic rings. The van der Waals surface area contributed by atoms with Crippen LogP contribution in [0.15, 0.2) is 161 Å². The summed E-state index contributed by atoms with van der Waals surface area (Å²) in [5, 5.41) is 17.4. The zero-order valence-electron chi connectivity index (χ0n) is 29.9. The van der Waals surface area contributed by atoms with E-state index in [1.165, 1.54) is 96.0 Å². The number of benzene rings is 7. The minimum atomic E-state index is 0.307. The van der Waals surface area contributed by atoms with E-state index in [0.29, 0.717) is 11.5 Å². The third kappa shape index (κ3) is 4.56. The first kappa shape index (κ1) is 31.1. The number of thioether (sulfide) groups is 1. The fraction of sp³-hybridized carbons (Fsp3) is 0.0600. The summed E-state index contributed by atoms with van der Waals surface area (Å²) in [5.41, 5.74) is 13.0. The molecule has 0 saturated heterocycles. The van der Waals surface area contributed by atoms with Gasteiger partial charge < -0.3 is 9.13 Å². The molecule has 55 heavy (non-hydrogen) atoms. The van der Waals surface area contributed by atoms with Gasteiger partial charge in [-0.25, -0.2) is 0 Å². The van der Waals surface area contributed by atoms with Gasteiger partial charge in [0.05, 0.1) is 33.7 Å². The molecule has 5 heteroatoms. The maximum atomic E-state index is 9.80. The standard InChI is InChI=1S/C50H31N3S2/c1-29-10-16-37-38-17-11-30(28-51)23-46(38)53(45(37)22-29)34-15-21-50-42(27-34)40-25-32(13-19-48(40)55-50)31-12-18-47-39(24-31)41-26-33(14-20-49(41)54-47)52-43-8-4-2-6-35(43)36-7-3-5-9-44(36)52/h2-24,26-27,40H,25H2,1H3. The van der Waals surface area contributed by atoms with Crippen molar-refractivity contribution in [3.8, 4) is 17.4 Å². The van der Waals surface area contributed by atoms with Crippen LogP contribution in [-0.2, 0) is 0 Å². The molecule has 2 aliphatic rings. The predicted octanol–water partition coefficient (Wildman–Crippen LogP) is 14.0. The molecule has 3 aromatic heterocycles. The van der Waals surface area contributed by atoms with E-state index in [9.17, 15) is 5.26 Å². The van der Waals surface area contributed by atoms with Gasteiger partial charge in [-0.1, -0.05) is 84.6 Å². The van der Waals surface area contributed by atoms with Crippen LogP contribution in [0.1, 0.15) is 34.6 Å². The first-order valence-electron chi connectivity index (χ1n) is 18.7. The Bertz CT molecular complexity index is 3360. The summed E-state index contributed by atoms with van der Waals surface area (Å²) >= 11 is 3.79. The molecule has 0 N–H and O–H groups in total. The van der Waals surface area contributed by atoms with Gasteiger partial charge in [-0.3, -0.25) is 0 Å². The number of allylic oxidation sites excluding steroid dienone is 4. The smallest absolute Gasteiger partial charge is 0.0992 e. The lowest BCUT2D eigenvalue weighted by atomic mass is 9.85. The number of nitriles is 1. The summed E-state index contributed by atoms with van der Waals surface area (Å²) in [6, 6.07) is 53.6. The van der Waals surface area contributed by atoms with E-state index in [2.05, 4.69) is 162 Å². The minimum absolute atomic E-state index is 0.307. The van der Waals surface area contributed by atoms with Gasteiger partial charge in [0, 0.05) is 63.9 Å². The van der Waals surface area contributed by atoms with Crippen molar-refractivity contribution in [1.29, 1.82) is 5.26 Å². The molecule has 0 bridgehead atoms. The summed E-state index contributed by atoms with van der Waals surface area (Å²) in [6.45, 7) is 2.15. The van der Waals surface area contributed by atoms with Crippen LogP contribution in [0.25, 0.3) is 80.7 Å². The average molecular weight is 738 g/mol. The summed E-state index contributed by atoms with van der Waals surface area (Å²) in [4.78, 5) is 2.75. The van der Waals surface area contributed by atoms with Crippen molar-refractivity contribution in [3.05, 3.63) is 179 Å². The van der Waals surface area contributed by atoms with Gasteiger partial charge in [-0.05, 0) is 119 Å². The Hall–Kier alpha value is -6.32. The van der Waals surface area contributed by atoms with E-state index in [1.54, 1.807) is 0 Å². The van der Waals surface area contributed by atoms with Crippen molar-refractivity contribution >= 4 is 92.5 Å². The maximum absolute atomic E-state index is 9.80. The van der Waals surface area contributed by atoms with E-state index >= 15 is 0 Å². The van der Waals surface area contributed by atoms with Crippen molar-refractivity contribution in [2.75, 3.05) is 0 Å². The molecule has 1 unspecified atom stereocenters. The number of hydrogen-bond acceptors (Lipinski definition) is 3. The zero-order valence-corrected chi connectivity index (χ0v) is 31.5. The van der Waals surface area contributed by atoms with Crippen LogP contribution in [0.3, 0.4) is 0 Å². The molecule has 0 fully saturated rings. The van der Waals surface area contributed by atoms with Crippen molar-refractivity contribution in [2.45, 2.75) is 24.2 Å². The van der Waals surface area contributed by atoms with E-state index in [1.807, 2.05) is 35.2 Å². The van der Waals surface area contributed by atoms with Crippen molar-refractivity contribution in [1.82, 2.24) is 9.13 Å². The Morgan fingerprint density at radius 3 is 2.04 bits per heavy atom. The van der Waals surface area contributed by atoms with Gasteiger partial charge in [0.2, 0.25) is 0 Å². The zero-order chi connectivity index (χ0) is 36.4. The molecule has 1 aliphatic carbocycles. The molecule has 0 radical (unpaired) electrons. The van der Waals surface area contributed by atoms with Crippen molar-refractivity contribution < 1.29 is 0 Å². The highest BCUT2D eigenvalue weighted by Gasteiger charge is 2.32. The Morgan fingerprint density at radius 1 is 0.582 bits per heavy atom. The number of para-hydroxylation sites is 2. The van der Waals surface area contributed by atoms with Crippen LogP contribution in [0.5, 0.6) is 0 Å². The second kappa shape index (κ2) is 11.6. The van der Waals surface area contributed by atoms with Gasteiger partial charge >= 0.3 is 0 Å². The Balaban J connectivity index is 0.941. The lowest BCUT2D eigenvalue weighted by Gasteiger charge is -2.20.